The summed E-state index contributed by atoms with van der Waals surface area (Å²) in [5, 5.41) is 0.775. The van der Waals surface area contributed by atoms with Crippen molar-refractivity contribution in [1.82, 2.24) is 4.90 Å². The van der Waals surface area contributed by atoms with E-state index in [1.165, 1.54) is 22.5 Å². The molecule has 7 nitrogen and oxygen atoms in total. The number of nitrogens with zero attached hydrogens (tertiary/aromatic N) is 3. The second-order valence-corrected chi connectivity index (χ2v) is 12.4. The van der Waals surface area contributed by atoms with Crippen LogP contribution in [0.25, 0.3) is 4.13 Å². The molecule has 3 aromatic carbocycles. The molecule has 0 fully saturated rings. The fourth-order valence-corrected chi connectivity index (χ4v) is 5.58. The van der Waals surface area contributed by atoms with Gasteiger partial charge in [0, 0.05) is 5.02 Å². The van der Waals surface area contributed by atoms with Gasteiger partial charge in [0.1, 0.15) is 26.2 Å². The van der Waals surface area contributed by atoms with Crippen molar-refractivity contribution in [2.45, 2.75) is 24.1 Å². The van der Waals surface area contributed by atoms with Crippen LogP contribution in [0.2, 0.25) is 5.02 Å². The van der Waals surface area contributed by atoms with Gasteiger partial charge in [-0.15, -0.1) is 0 Å². The fraction of sp³-hybridized carbons (Fsp3) is 0.240. The average Bonchev–Trinajstić information content (AvgIpc) is 3.26. The Morgan fingerprint density at radius 1 is 0.732 bits per heavy atom. The zero-order chi connectivity index (χ0) is 30.5. The highest BCUT2D eigenvalue weighted by atomic mass is 35.5. The van der Waals surface area contributed by atoms with Crippen molar-refractivity contribution >= 4 is 37.5 Å². The number of hydrogen-bond donors (Lipinski definition) is 0. The van der Waals surface area contributed by atoms with E-state index in [0.717, 1.165) is 35.3 Å². The van der Waals surface area contributed by atoms with E-state index in [1.54, 1.807) is 0 Å². The normalized spacial score (nSPS) is 14.6. The summed E-state index contributed by atoms with van der Waals surface area (Å²) in [5.41, 5.74) is -8.52. The molecule has 0 amide bonds. The minimum atomic E-state index is -6.72. The van der Waals surface area contributed by atoms with Crippen molar-refractivity contribution in [3.05, 3.63) is 111 Å². The number of sulfonamides is 2. The Labute approximate surface area is 237 Å². The van der Waals surface area contributed by atoms with E-state index in [4.69, 9.17) is 11.6 Å². The Morgan fingerprint density at radius 2 is 1.20 bits per heavy atom. The van der Waals surface area contributed by atoms with E-state index in [9.17, 15) is 43.2 Å². The predicted octanol–water partition coefficient (Wildman–Crippen LogP) is 5.87. The van der Waals surface area contributed by atoms with Gasteiger partial charge in [0.05, 0.1) is 5.56 Å². The van der Waals surface area contributed by atoms with Crippen LogP contribution in [0.15, 0.2) is 84.9 Å². The Bertz CT molecular complexity index is 1520. The summed E-state index contributed by atoms with van der Waals surface area (Å²) >= 11 is 6.11. The second kappa shape index (κ2) is 12.8. The molecule has 0 unspecified atom stereocenters. The van der Waals surface area contributed by atoms with Crippen LogP contribution in [0.4, 0.5) is 26.3 Å². The molecule has 222 valence electrons. The molecule has 41 heavy (non-hydrogen) atoms. The van der Waals surface area contributed by atoms with Crippen LogP contribution in [-0.2, 0) is 33.1 Å². The molecule has 1 aliphatic rings. The van der Waals surface area contributed by atoms with Gasteiger partial charge in [-0.3, -0.25) is 9.48 Å². The highest BCUT2D eigenvalue weighted by molar-refractivity contribution is 8.13. The summed E-state index contributed by atoms with van der Waals surface area (Å²) in [6, 6.07) is 29.5. The molecular weight excluding hydrogens is 620 g/mol. The van der Waals surface area contributed by atoms with Gasteiger partial charge in [0.2, 0.25) is 0 Å². The lowest BCUT2D eigenvalue weighted by atomic mass is 10.1. The fourth-order valence-electron chi connectivity index (χ4n) is 3.75. The number of amidine groups is 1. The molecule has 1 aliphatic heterocycles. The lowest BCUT2D eigenvalue weighted by Crippen LogP contribution is -2.30. The van der Waals surface area contributed by atoms with E-state index in [1.807, 2.05) is 12.1 Å². The number of halogens is 7. The van der Waals surface area contributed by atoms with Gasteiger partial charge in [-0.1, -0.05) is 72.3 Å². The van der Waals surface area contributed by atoms with E-state index in [-0.39, 0.29) is 0 Å². The van der Waals surface area contributed by atoms with Crippen molar-refractivity contribution < 1.29 is 47.8 Å². The number of hydrogen-bond acceptors (Lipinski definition) is 5. The van der Waals surface area contributed by atoms with Gasteiger partial charge in [-0.2, -0.15) is 26.3 Å². The van der Waals surface area contributed by atoms with Crippen molar-refractivity contribution in [2.75, 3.05) is 13.1 Å². The molecular formula is C25H22ClF6N3O4S2. The summed E-state index contributed by atoms with van der Waals surface area (Å²) in [4.78, 5) is 2.47. The Kier molecular flexibility index (Phi) is 10.1. The molecule has 0 aromatic heterocycles. The average molecular weight is 642 g/mol. The third kappa shape index (κ3) is 8.67. The van der Waals surface area contributed by atoms with Crippen LogP contribution in [0.5, 0.6) is 0 Å². The maximum Gasteiger partial charge on any atom is 0.480 e. The van der Waals surface area contributed by atoms with E-state index >= 15 is 0 Å². The van der Waals surface area contributed by atoms with Crippen LogP contribution in [0, 0.1) is 0 Å². The maximum atomic E-state index is 11.4. The van der Waals surface area contributed by atoms with E-state index in [2.05, 4.69) is 82.3 Å². The van der Waals surface area contributed by atoms with Crippen LogP contribution >= 0.6 is 11.6 Å². The zero-order valence-corrected chi connectivity index (χ0v) is 23.2. The van der Waals surface area contributed by atoms with Gasteiger partial charge in [0.15, 0.2) is 20.0 Å². The van der Waals surface area contributed by atoms with Crippen molar-refractivity contribution in [2.24, 2.45) is 0 Å². The molecule has 0 aliphatic carbocycles. The molecule has 1 heterocycles. The second-order valence-electron chi connectivity index (χ2n) is 8.56. The quantitative estimate of drug-likeness (QED) is 0.238. The van der Waals surface area contributed by atoms with Gasteiger partial charge in [-0.25, -0.2) is 16.8 Å². The summed E-state index contributed by atoms with van der Waals surface area (Å²) in [6.45, 7) is 3.90. The summed E-state index contributed by atoms with van der Waals surface area (Å²) in [5.74, 6) is 1.29. The molecule has 0 saturated carbocycles. The highest BCUT2D eigenvalue weighted by Crippen LogP contribution is 2.36. The minimum Gasteiger partial charge on any atom is -0.421 e. The SMILES string of the molecule is Clc1ccc(C2=[N+](Cc3ccccc3)CCN2Cc2ccccc2)cc1.O=S(=O)([N-]S(=O)(=O)C(F)(F)F)C(F)(F)F. The molecule has 3 aromatic rings. The first-order valence-electron chi connectivity index (χ1n) is 11.6. The van der Waals surface area contributed by atoms with Crippen LogP contribution < -0.4 is 0 Å². The first-order valence-corrected chi connectivity index (χ1v) is 14.8. The van der Waals surface area contributed by atoms with Crippen LogP contribution in [-0.4, -0.2) is 56.3 Å². The maximum absolute atomic E-state index is 11.4. The predicted molar refractivity (Wildman–Crippen MR) is 141 cm³/mol. The van der Waals surface area contributed by atoms with Crippen molar-refractivity contribution in [3.8, 4) is 0 Å². The molecule has 0 saturated heterocycles. The molecule has 0 atom stereocenters. The molecule has 0 spiro atoms. The number of rotatable bonds is 7. The highest BCUT2D eigenvalue weighted by Gasteiger charge is 2.47. The topological polar surface area (TPSA) is 88.6 Å². The third-order valence-corrected chi connectivity index (χ3v) is 8.55. The molecule has 4 rings (SSSR count). The minimum absolute atomic E-state index is 0.775. The van der Waals surface area contributed by atoms with Crippen molar-refractivity contribution in [1.29, 1.82) is 0 Å². The Balaban J connectivity index is 0.000000266. The summed E-state index contributed by atoms with van der Waals surface area (Å²) < 4.78 is 112. The standard InChI is InChI=1S/C23H22ClN2.C2F6NO4S2/c24-22-13-11-21(12-14-22)23-25(17-19-7-3-1-4-8-19)15-16-26(23)18-20-9-5-2-6-10-20;3-1(4,5)14(10,11)9-15(12,13)2(6,7)8/h1-14H,15-18H2;/q+1;-1. The van der Waals surface area contributed by atoms with Crippen LogP contribution in [0.3, 0.4) is 0 Å². The molecule has 0 radical (unpaired) electrons. The molecule has 0 N–H and O–H groups in total. The Morgan fingerprint density at radius 3 is 1.66 bits per heavy atom. The first kappa shape index (κ1) is 32.4. The summed E-state index contributed by atoms with van der Waals surface area (Å²) in [7, 11) is -13.4. The van der Waals surface area contributed by atoms with E-state index < -0.39 is 31.1 Å². The third-order valence-electron chi connectivity index (χ3n) is 5.56. The number of benzene rings is 3. The molecule has 0 bridgehead atoms. The molecule has 16 heteroatoms. The number of alkyl halides is 6. The largest absolute Gasteiger partial charge is 0.480 e. The van der Waals surface area contributed by atoms with Gasteiger partial charge in [-0.05, 0) is 35.4 Å². The lowest BCUT2D eigenvalue weighted by Gasteiger charge is -2.22. The Hall–Kier alpha value is -3.14. The van der Waals surface area contributed by atoms with Gasteiger partial charge in [0.25, 0.3) is 5.84 Å². The van der Waals surface area contributed by atoms with Gasteiger partial charge < -0.3 is 4.13 Å². The zero-order valence-electron chi connectivity index (χ0n) is 20.8. The first-order chi connectivity index (χ1) is 19.0. The van der Waals surface area contributed by atoms with Gasteiger partial charge >= 0.3 is 11.0 Å². The monoisotopic (exact) mass is 641 g/mol. The smallest absolute Gasteiger partial charge is 0.421 e. The summed E-state index contributed by atoms with van der Waals surface area (Å²) in [6.07, 6.45) is 0. The lowest BCUT2D eigenvalue weighted by molar-refractivity contribution is -0.533. The van der Waals surface area contributed by atoms with Crippen LogP contribution in [0.1, 0.15) is 16.7 Å². The van der Waals surface area contributed by atoms with Crippen molar-refractivity contribution in [3.63, 3.8) is 0 Å². The van der Waals surface area contributed by atoms with E-state index in [0.29, 0.717) is 0 Å².